The van der Waals surface area contributed by atoms with Gasteiger partial charge in [0.1, 0.15) is 0 Å². The van der Waals surface area contributed by atoms with Gasteiger partial charge in [-0.15, -0.1) is 0 Å². The smallest absolute Gasteiger partial charge is 0.223 e. The zero-order chi connectivity index (χ0) is 23.5. The molecule has 1 aromatic carbocycles. The second kappa shape index (κ2) is 8.00. The van der Waals surface area contributed by atoms with Crippen LogP contribution in [0.15, 0.2) is 42.2 Å². The van der Waals surface area contributed by atoms with Crippen molar-refractivity contribution in [1.29, 1.82) is 0 Å². The monoisotopic (exact) mass is 459 g/mol. The predicted molar refractivity (Wildman–Crippen MR) is 134 cm³/mol. The third kappa shape index (κ3) is 3.26. The van der Waals surface area contributed by atoms with Crippen LogP contribution < -0.4 is 10.6 Å². The first-order valence-corrected chi connectivity index (χ1v) is 13.2. The van der Waals surface area contributed by atoms with Crippen molar-refractivity contribution in [2.75, 3.05) is 13.1 Å². The fraction of sp³-hybridized carbons (Fsp3) is 0.586. The van der Waals surface area contributed by atoms with E-state index in [1.165, 1.54) is 23.1 Å². The van der Waals surface area contributed by atoms with E-state index in [1.54, 1.807) is 0 Å². The summed E-state index contributed by atoms with van der Waals surface area (Å²) in [6.45, 7) is 6.41. The number of fused-ring (bicyclic) bond motifs is 6. The summed E-state index contributed by atoms with van der Waals surface area (Å²) in [4.78, 5) is 28.8. The number of H-pyrrole nitrogens is 1. The lowest BCUT2D eigenvalue weighted by Gasteiger charge is -2.58. The Hall–Kier alpha value is -2.56. The van der Waals surface area contributed by atoms with Gasteiger partial charge in [-0.05, 0) is 73.3 Å². The van der Waals surface area contributed by atoms with E-state index in [1.807, 2.05) is 12.1 Å². The van der Waals surface area contributed by atoms with E-state index in [0.717, 1.165) is 44.2 Å². The van der Waals surface area contributed by atoms with E-state index in [0.29, 0.717) is 30.7 Å². The maximum Gasteiger partial charge on any atom is 0.223 e. The largest absolute Gasteiger partial charge is 0.387 e. The summed E-state index contributed by atoms with van der Waals surface area (Å²) in [6.07, 6.45) is 10.9. The number of piperidine rings is 1. The predicted octanol–water partition coefficient (Wildman–Crippen LogP) is 4.74. The highest BCUT2D eigenvalue weighted by Gasteiger charge is 2.60. The number of hydrogen-bond donors (Lipinski definition) is 3. The molecule has 1 amide bonds. The van der Waals surface area contributed by atoms with Gasteiger partial charge in [0, 0.05) is 59.7 Å². The van der Waals surface area contributed by atoms with Crippen molar-refractivity contribution < 1.29 is 9.59 Å². The van der Waals surface area contributed by atoms with Gasteiger partial charge in [-0.3, -0.25) is 9.59 Å². The van der Waals surface area contributed by atoms with Crippen LogP contribution in [0.5, 0.6) is 0 Å². The van der Waals surface area contributed by atoms with E-state index in [9.17, 15) is 9.59 Å². The summed E-state index contributed by atoms with van der Waals surface area (Å²) in [6, 6.07) is 8.35. The minimum Gasteiger partial charge on any atom is -0.387 e. The number of ketones is 1. The Morgan fingerprint density at radius 1 is 1.12 bits per heavy atom. The number of carbonyl (C=O) groups excluding carboxylic acids is 2. The van der Waals surface area contributed by atoms with Crippen molar-refractivity contribution in [3.05, 3.63) is 47.8 Å². The van der Waals surface area contributed by atoms with Gasteiger partial charge in [0.05, 0.1) is 0 Å². The second-order valence-corrected chi connectivity index (χ2v) is 11.8. The Bertz CT molecular complexity index is 1170. The maximum atomic E-state index is 13.4. The number of amides is 1. The molecule has 1 unspecified atom stereocenters. The molecule has 3 aliphatic carbocycles. The average Bonchev–Trinajstić information content (AvgIpc) is 3.40. The number of aromatic amines is 1. The van der Waals surface area contributed by atoms with Crippen LogP contribution in [0, 0.1) is 34.5 Å². The first-order valence-electron chi connectivity index (χ1n) is 13.2. The molecule has 5 nitrogen and oxygen atoms in total. The molecule has 1 saturated heterocycles. The van der Waals surface area contributed by atoms with Crippen molar-refractivity contribution in [2.24, 2.45) is 34.5 Å². The third-order valence-electron chi connectivity index (χ3n) is 10.3. The summed E-state index contributed by atoms with van der Waals surface area (Å²) in [5, 5.41) is 8.22. The molecule has 2 aromatic rings. The molecule has 5 heteroatoms. The number of nitrogens with one attached hydrogen (secondary N) is 3. The molecule has 6 atom stereocenters. The molecule has 0 bridgehead atoms. The molecule has 4 aliphatic rings. The van der Waals surface area contributed by atoms with Gasteiger partial charge >= 0.3 is 0 Å². The fourth-order valence-corrected chi connectivity index (χ4v) is 8.36. The van der Waals surface area contributed by atoms with Crippen molar-refractivity contribution in [3.8, 4) is 0 Å². The van der Waals surface area contributed by atoms with E-state index >= 15 is 0 Å². The van der Waals surface area contributed by atoms with Gasteiger partial charge in [-0.1, -0.05) is 32.0 Å². The van der Waals surface area contributed by atoms with Crippen LogP contribution >= 0.6 is 0 Å². The minimum absolute atomic E-state index is 0.0791. The minimum atomic E-state index is 0.0791. The van der Waals surface area contributed by atoms with Crippen molar-refractivity contribution >= 4 is 22.6 Å². The number of rotatable bonds is 4. The van der Waals surface area contributed by atoms with E-state index in [-0.39, 0.29) is 28.4 Å². The van der Waals surface area contributed by atoms with Gasteiger partial charge in [-0.25, -0.2) is 0 Å². The average molecular weight is 460 g/mol. The van der Waals surface area contributed by atoms with Gasteiger partial charge in [0.2, 0.25) is 5.91 Å². The summed E-state index contributed by atoms with van der Waals surface area (Å²) in [7, 11) is 0. The fourth-order valence-electron chi connectivity index (χ4n) is 8.36. The van der Waals surface area contributed by atoms with Crippen LogP contribution in [0.3, 0.4) is 0 Å². The molecule has 1 aromatic heterocycles. The molecule has 3 fully saturated rings. The molecular formula is C29H37N3O2. The molecule has 6 rings (SSSR count). The Morgan fingerprint density at radius 2 is 1.97 bits per heavy atom. The van der Waals surface area contributed by atoms with Gasteiger partial charge < -0.3 is 15.6 Å². The number of allylic oxidation sites excluding steroid dienone is 2. The lowest BCUT2D eigenvalue weighted by molar-refractivity contribution is -0.132. The Labute approximate surface area is 202 Å². The number of carbonyl (C=O) groups is 2. The quantitative estimate of drug-likeness (QED) is 0.618. The SMILES string of the molecule is C[C@]12CCC(=O)C=C1NC[C@@H]1[C@H]2CC[C@]2(C)C(C(=O)NCCc3c[nH]c4ccccc34)CC[C@@H]12. The lowest BCUT2D eigenvalue weighted by atomic mass is 9.50. The normalized spacial score (nSPS) is 36.8. The topological polar surface area (TPSA) is 74.0 Å². The standard InChI is InChI=1S/C29H37N3O2/c1-28-13-10-23-21(17-32-26-15-19(33)9-12-29(23,26)2)22(28)7-8-24(28)27(34)30-14-11-18-16-31-25-6-4-3-5-20(18)25/h3-6,15-16,21-24,31-32H,7-14,17H2,1-2H3,(H,30,34)/t21-,22-,23+,24?,28-,29+/m0/s1. The molecule has 0 radical (unpaired) electrons. The first-order chi connectivity index (χ1) is 16.4. The Kier molecular flexibility index (Phi) is 5.16. The lowest BCUT2D eigenvalue weighted by Crippen LogP contribution is -2.57. The number of hydrogen-bond acceptors (Lipinski definition) is 3. The van der Waals surface area contributed by atoms with Crippen molar-refractivity contribution in [3.63, 3.8) is 0 Å². The molecule has 3 N–H and O–H groups in total. The third-order valence-corrected chi connectivity index (χ3v) is 10.3. The van der Waals surface area contributed by atoms with Gasteiger partial charge in [0.25, 0.3) is 0 Å². The summed E-state index contributed by atoms with van der Waals surface area (Å²) in [5.41, 5.74) is 3.77. The van der Waals surface area contributed by atoms with Crippen LogP contribution in [0.4, 0.5) is 0 Å². The molecular weight excluding hydrogens is 422 g/mol. The molecule has 34 heavy (non-hydrogen) atoms. The molecule has 2 saturated carbocycles. The molecule has 2 heterocycles. The van der Waals surface area contributed by atoms with Gasteiger partial charge in [-0.2, -0.15) is 0 Å². The van der Waals surface area contributed by atoms with Crippen LogP contribution in [0.1, 0.15) is 57.9 Å². The van der Waals surface area contributed by atoms with Crippen LogP contribution in [-0.2, 0) is 16.0 Å². The number of benzene rings is 1. The van der Waals surface area contributed by atoms with E-state index < -0.39 is 0 Å². The van der Waals surface area contributed by atoms with Gasteiger partial charge in [0.15, 0.2) is 5.78 Å². The van der Waals surface area contributed by atoms with E-state index in [4.69, 9.17) is 0 Å². The Balaban J connectivity index is 1.13. The summed E-state index contributed by atoms with van der Waals surface area (Å²) >= 11 is 0. The van der Waals surface area contributed by atoms with Crippen molar-refractivity contribution in [2.45, 2.75) is 58.8 Å². The van der Waals surface area contributed by atoms with E-state index in [2.05, 4.69) is 53.9 Å². The highest BCUT2D eigenvalue weighted by molar-refractivity contribution is 5.91. The highest BCUT2D eigenvalue weighted by atomic mass is 16.2. The highest BCUT2D eigenvalue weighted by Crippen LogP contribution is 2.64. The molecule has 180 valence electrons. The number of para-hydroxylation sites is 1. The zero-order valence-electron chi connectivity index (χ0n) is 20.5. The summed E-state index contributed by atoms with van der Waals surface area (Å²) in [5.74, 6) is 2.43. The zero-order valence-corrected chi connectivity index (χ0v) is 20.5. The second-order valence-electron chi connectivity index (χ2n) is 11.8. The first kappa shape index (κ1) is 21.9. The summed E-state index contributed by atoms with van der Waals surface area (Å²) < 4.78 is 0. The molecule has 1 aliphatic heterocycles. The Morgan fingerprint density at radius 3 is 2.85 bits per heavy atom. The van der Waals surface area contributed by atoms with Crippen LogP contribution in [-0.4, -0.2) is 29.8 Å². The van der Waals surface area contributed by atoms with Crippen LogP contribution in [0.2, 0.25) is 0 Å². The van der Waals surface area contributed by atoms with Crippen LogP contribution in [0.25, 0.3) is 10.9 Å². The number of aromatic nitrogens is 1. The maximum absolute atomic E-state index is 13.4. The van der Waals surface area contributed by atoms with Crippen molar-refractivity contribution in [1.82, 2.24) is 15.6 Å². The molecule has 0 spiro atoms.